The number of rotatable bonds is 3. The quantitative estimate of drug-likeness (QED) is 0.774. The van der Waals surface area contributed by atoms with E-state index in [0.29, 0.717) is 50.0 Å². The van der Waals surface area contributed by atoms with Gasteiger partial charge in [0.2, 0.25) is 0 Å². The monoisotopic (exact) mass is 335 g/mol. The van der Waals surface area contributed by atoms with Crippen molar-refractivity contribution in [1.29, 1.82) is 0 Å². The molecule has 1 amide bonds. The van der Waals surface area contributed by atoms with E-state index < -0.39 is 5.97 Å². The first kappa shape index (κ1) is 16.6. The maximum Gasteiger partial charge on any atom is 0.338 e. The second-order valence-corrected chi connectivity index (χ2v) is 5.81. The molecule has 1 saturated heterocycles. The van der Waals surface area contributed by atoms with Crippen LogP contribution in [0.25, 0.3) is 0 Å². The lowest BCUT2D eigenvalue weighted by Gasteiger charge is -2.30. The van der Waals surface area contributed by atoms with Crippen molar-refractivity contribution in [2.45, 2.75) is 19.4 Å². The summed E-state index contributed by atoms with van der Waals surface area (Å²) in [5.74, 6) is 0.367. The Morgan fingerprint density at radius 3 is 2.79 bits per heavy atom. The van der Waals surface area contributed by atoms with Gasteiger partial charge >= 0.3 is 5.97 Å². The molecule has 2 aliphatic rings. The van der Waals surface area contributed by atoms with E-state index in [4.69, 9.17) is 18.9 Å². The van der Waals surface area contributed by atoms with E-state index in [1.54, 1.807) is 23.1 Å². The van der Waals surface area contributed by atoms with Gasteiger partial charge < -0.3 is 23.8 Å². The molecule has 0 N–H and O–H groups in total. The van der Waals surface area contributed by atoms with Crippen molar-refractivity contribution in [1.82, 2.24) is 4.90 Å². The Morgan fingerprint density at radius 2 is 2.00 bits per heavy atom. The Labute approximate surface area is 140 Å². The Morgan fingerprint density at radius 1 is 1.21 bits per heavy atom. The van der Waals surface area contributed by atoms with Gasteiger partial charge in [0, 0.05) is 19.5 Å². The minimum Gasteiger partial charge on any atom is -0.490 e. The van der Waals surface area contributed by atoms with Crippen LogP contribution in [0.5, 0.6) is 11.5 Å². The third-order valence-corrected chi connectivity index (χ3v) is 3.90. The van der Waals surface area contributed by atoms with Gasteiger partial charge in [-0.1, -0.05) is 0 Å². The molecule has 2 heterocycles. The Hall–Kier alpha value is -2.28. The van der Waals surface area contributed by atoms with E-state index in [9.17, 15) is 9.59 Å². The minimum atomic E-state index is -0.555. The van der Waals surface area contributed by atoms with Crippen LogP contribution < -0.4 is 9.47 Å². The Kier molecular flexibility index (Phi) is 5.20. The molecule has 0 radical (unpaired) electrons. The van der Waals surface area contributed by atoms with Gasteiger partial charge in [-0.25, -0.2) is 4.79 Å². The molecule has 1 aromatic carbocycles. The number of ether oxygens (including phenoxy) is 4. The molecule has 3 rings (SSSR count). The molecule has 1 aromatic rings. The SMILES string of the molecule is C[C@@H]1CN(C(=O)COC(=O)c2ccc3c(c2)OCCCO3)CCO1. The van der Waals surface area contributed by atoms with Crippen molar-refractivity contribution in [2.75, 3.05) is 39.5 Å². The zero-order valence-corrected chi connectivity index (χ0v) is 13.7. The van der Waals surface area contributed by atoms with Crippen LogP contribution in [0.1, 0.15) is 23.7 Å². The van der Waals surface area contributed by atoms with Gasteiger partial charge in [0.15, 0.2) is 18.1 Å². The molecule has 130 valence electrons. The average Bonchev–Trinajstić information content (AvgIpc) is 2.84. The second kappa shape index (κ2) is 7.53. The molecule has 0 aromatic heterocycles. The summed E-state index contributed by atoms with van der Waals surface area (Å²) in [4.78, 5) is 25.9. The van der Waals surface area contributed by atoms with Gasteiger partial charge in [0.25, 0.3) is 5.91 Å². The maximum absolute atomic E-state index is 12.2. The third kappa shape index (κ3) is 3.97. The van der Waals surface area contributed by atoms with Crippen LogP contribution in [0, 0.1) is 0 Å². The summed E-state index contributed by atoms with van der Waals surface area (Å²) >= 11 is 0. The summed E-state index contributed by atoms with van der Waals surface area (Å²) in [6.07, 6.45) is 0.793. The Balaban J connectivity index is 1.57. The predicted molar refractivity (Wildman–Crippen MR) is 84.3 cm³/mol. The number of carbonyl (C=O) groups is 2. The van der Waals surface area contributed by atoms with Gasteiger partial charge in [0.05, 0.1) is 31.5 Å². The molecular formula is C17H21NO6. The maximum atomic E-state index is 12.2. The third-order valence-electron chi connectivity index (χ3n) is 3.90. The second-order valence-electron chi connectivity index (χ2n) is 5.81. The number of morpholine rings is 1. The molecule has 0 bridgehead atoms. The van der Waals surface area contributed by atoms with Gasteiger partial charge in [-0.05, 0) is 25.1 Å². The van der Waals surface area contributed by atoms with E-state index in [0.717, 1.165) is 6.42 Å². The van der Waals surface area contributed by atoms with E-state index in [-0.39, 0.29) is 18.6 Å². The fourth-order valence-electron chi connectivity index (χ4n) is 2.64. The van der Waals surface area contributed by atoms with Crippen molar-refractivity contribution >= 4 is 11.9 Å². The molecule has 7 nitrogen and oxygen atoms in total. The van der Waals surface area contributed by atoms with E-state index >= 15 is 0 Å². The van der Waals surface area contributed by atoms with Crippen molar-refractivity contribution in [3.8, 4) is 11.5 Å². The molecular weight excluding hydrogens is 314 g/mol. The van der Waals surface area contributed by atoms with Gasteiger partial charge in [-0.3, -0.25) is 4.79 Å². The van der Waals surface area contributed by atoms with Crippen LogP contribution in [0.3, 0.4) is 0 Å². The van der Waals surface area contributed by atoms with Crippen molar-refractivity contribution < 1.29 is 28.5 Å². The highest BCUT2D eigenvalue weighted by molar-refractivity contribution is 5.92. The summed E-state index contributed by atoms with van der Waals surface area (Å²) in [5, 5.41) is 0. The summed E-state index contributed by atoms with van der Waals surface area (Å²) < 4.78 is 21.6. The molecule has 0 saturated carbocycles. The molecule has 2 aliphatic heterocycles. The molecule has 0 unspecified atom stereocenters. The zero-order chi connectivity index (χ0) is 16.9. The van der Waals surface area contributed by atoms with E-state index in [2.05, 4.69) is 0 Å². The van der Waals surface area contributed by atoms with Crippen molar-refractivity contribution in [2.24, 2.45) is 0 Å². The van der Waals surface area contributed by atoms with Gasteiger partial charge in [0.1, 0.15) is 0 Å². The largest absolute Gasteiger partial charge is 0.490 e. The van der Waals surface area contributed by atoms with Crippen molar-refractivity contribution in [3.05, 3.63) is 23.8 Å². The number of hydrogen-bond donors (Lipinski definition) is 0. The zero-order valence-electron chi connectivity index (χ0n) is 13.7. The van der Waals surface area contributed by atoms with Gasteiger partial charge in [-0.2, -0.15) is 0 Å². The normalized spacial score (nSPS) is 20.2. The molecule has 1 fully saturated rings. The summed E-state index contributed by atoms with van der Waals surface area (Å²) in [6, 6.07) is 4.88. The standard InChI is InChI=1S/C17H21NO6/c1-12-10-18(5-8-21-12)16(19)11-24-17(20)13-3-4-14-15(9-13)23-7-2-6-22-14/h3-4,9,12H,2,5-8,10-11H2,1H3/t12-/m1/s1. The first-order valence-electron chi connectivity index (χ1n) is 8.09. The molecule has 1 atom stereocenters. The number of esters is 1. The molecule has 0 aliphatic carbocycles. The lowest BCUT2D eigenvalue weighted by atomic mass is 10.2. The number of fused-ring (bicyclic) bond motifs is 1. The highest BCUT2D eigenvalue weighted by atomic mass is 16.5. The van der Waals surface area contributed by atoms with Crippen LogP contribution in [0.15, 0.2) is 18.2 Å². The first-order chi connectivity index (χ1) is 11.6. The minimum absolute atomic E-state index is 0.000121. The fourth-order valence-corrected chi connectivity index (χ4v) is 2.64. The summed E-state index contributed by atoms with van der Waals surface area (Å²) in [6.45, 7) is 4.29. The number of amides is 1. The van der Waals surface area contributed by atoms with E-state index in [1.807, 2.05) is 6.92 Å². The number of nitrogens with zero attached hydrogens (tertiary/aromatic N) is 1. The van der Waals surface area contributed by atoms with Crippen LogP contribution >= 0.6 is 0 Å². The first-order valence-corrected chi connectivity index (χ1v) is 8.09. The number of carbonyl (C=O) groups excluding carboxylic acids is 2. The molecule has 0 spiro atoms. The summed E-state index contributed by atoms with van der Waals surface area (Å²) in [7, 11) is 0. The lowest BCUT2D eigenvalue weighted by Crippen LogP contribution is -2.46. The smallest absolute Gasteiger partial charge is 0.338 e. The molecule has 24 heavy (non-hydrogen) atoms. The number of hydrogen-bond acceptors (Lipinski definition) is 6. The van der Waals surface area contributed by atoms with Crippen LogP contribution in [-0.4, -0.2) is 62.4 Å². The molecule has 7 heteroatoms. The summed E-state index contributed by atoms with van der Waals surface area (Å²) in [5.41, 5.74) is 0.336. The highest BCUT2D eigenvalue weighted by Gasteiger charge is 2.23. The Bertz CT molecular complexity index is 617. The topological polar surface area (TPSA) is 74.3 Å². The van der Waals surface area contributed by atoms with Crippen LogP contribution in [-0.2, 0) is 14.3 Å². The van der Waals surface area contributed by atoms with E-state index in [1.165, 1.54) is 0 Å². The van der Waals surface area contributed by atoms with Crippen LogP contribution in [0.4, 0.5) is 0 Å². The average molecular weight is 335 g/mol. The van der Waals surface area contributed by atoms with Gasteiger partial charge in [-0.15, -0.1) is 0 Å². The van der Waals surface area contributed by atoms with Crippen LogP contribution in [0.2, 0.25) is 0 Å². The fraction of sp³-hybridized carbons (Fsp3) is 0.529. The predicted octanol–water partition coefficient (Wildman–Crippen LogP) is 1.25. The lowest BCUT2D eigenvalue weighted by molar-refractivity contribution is -0.141. The highest BCUT2D eigenvalue weighted by Crippen LogP contribution is 2.30. The number of benzene rings is 1. The van der Waals surface area contributed by atoms with Crippen molar-refractivity contribution in [3.63, 3.8) is 0 Å².